The van der Waals surface area contributed by atoms with Crippen LogP contribution in [0.4, 0.5) is 4.39 Å². The van der Waals surface area contributed by atoms with E-state index in [0.717, 1.165) is 62.3 Å². The van der Waals surface area contributed by atoms with E-state index in [4.69, 9.17) is 0 Å². The minimum Gasteiger partial charge on any atom is -0.393 e. The highest BCUT2D eigenvalue weighted by Gasteiger charge is 2.27. The second-order valence-corrected chi connectivity index (χ2v) is 7.26. The van der Waals surface area contributed by atoms with Crippen molar-refractivity contribution in [3.05, 3.63) is 34.6 Å². The van der Waals surface area contributed by atoms with Crippen LogP contribution in [0.25, 0.3) is 0 Å². The molecular formula is C19H29FN2O. The lowest BCUT2D eigenvalue weighted by atomic mass is 9.98. The lowest BCUT2D eigenvalue weighted by molar-refractivity contribution is 0.0375. The van der Waals surface area contributed by atoms with E-state index in [1.165, 1.54) is 12.8 Å². The van der Waals surface area contributed by atoms with Gasteiger partial charge in [0.25, 0.3) is 0 Å². The van der Waals surface area contributed by atoms with Crippen molar-refractivity contribution in [3.63, 3.8) is 0 Å². The van der Waals surface area contributed by atoms with Gasteiger partial charge < -0.3 is 10.0 Å². The van der Waals surface area contributed by atoms with Gasteiger partial charge in [0.15, 0.2) is 0 Å². The maximum atomic E-state index is 14.0. The van der Waals surface area contributed by atoms with Gasteiger partial charge in [0.2, 0.25) is 0 Å². The second-order valence-electron chi connectivity index (χ2n) is 7.26. The molecule has 2 fully saturated rings. The molecule has 0 amide bonds. The Morgan fingerprint density at radius 1 is 1.04 bits per heavy atom. The van der Waals surface area contributed by atoms with Crippen molar-refractivity contribution < 1.29 is 9.50 Å². The van der Waals surface area contributed by atoms with Gasteiger partial charge in [0.05, 0.1) is 6.10 Å². The summed E-state index contributed by atoms with van der Waals surface area (Å²) in [6, 6.07) is 4.63. The average molecular weight is 320 g/mol. The summed E-state index contributed by atoms with van der Waals surface area (Å²) in [5.41, 5.74) is 2.65. The predicted octanol–water partition coefficient (Wildman–Crippen LogP) is 2.86. The number of hydrogen-bond acceptors (Lipinski definition) is 3. The number of halogens is 1. The van der Waals surface area contributed by atoms with Gasteiger partial charge in [-0.3, -0.25) is 4.90 Å². The van der Waals surface area contributed by atoms with Crippen LogP contribution >= 0.6 is 0 Å². The zero-order valence-electron chi connectivity index (χ0n) is 14.4. The smallest absolute Gasteiger partial charge is 0.129 e. The Morgan fingerprint density at radius 3 is 2.35 bits per heavy atom. The second kappa shape index (κ2) is 7.29. The SMILES string of the molecule is Cc1ccc(CN2CCC(N3CCC(O)CC3)CC2)c(C)c1F. The first-order valence-corrected chi connectivity index (χ1v) is 8.93. The molecule has 0 aromatic heterocycles. The molecule has 128 valence electrons. The molecule has 3 rings (SSSR count). The molecule has 1 aromatic carbocycles. The van der Waals surface area contributed by atoms with E-state index >= 15 is 0 Å². The lowest BCUT2D eigenvalue weighted by Gasteiger charge is -2.41. The van der Waals surface area contributed by atoms with Gasteiger partial charge in [-0.15, -0.1) is 0 Å². The van der Waals surface area contributed by atoms with E-state index in [1.807, 2.05) is 19.9 Å². The molecule has 3 nitrogen and oxygen atoms in total. The molecule has 2 saturated heterocycles. The topological polar surface area (TPSA) is 26.7 Å². The summed E-state index contributed by atoms with van der Waals surface area (Å²) < 4.78 is 14.0. The van der Waals surface area contributed by atoms with Gasteiger partial charge in [-0.2, -0.15) is 0 Å². The van der Waals surface area contributed by atoms with Crippen LogP contribution < -0.4 is 0 Å². The standard InChI is InChI=1S/C19H29FN2O/c1-14-3-4-16(15(2)19(14)20)13-21-9-5-17(6-10-21)22-11-7-18(23)8-12-22/h3-4,17-18,23H,5-13H2,1-2H3. The number of aliphatic hydroxyl groups is 1. The Labute approximate surface area is 139 Å². The Kier molecular flexibility index (Phi) is 5.34. The Morgan fingerprint density at radius 2 is 1.70 bits per heavy atom. The normalized spacial score (nSPS) is 22.6. The summed E-state index contributed by atoms with van der Waals surface area (Å²) in [7, 11) is 0. The monoisotopic (exact) mass is 320 g/mol. The first-order valence-electron chi connectivity index (χ1n) is 8.93. The van der Waals surface area contributed by atoms with E-state index in [1.54, 1.807) is 0 Å². The third-order valence-corrected chi connectivity index (χ3v) is 5.66. The van der Waals surface area contributed by atoms with Crippen LogP contribution in [0.2, 0.25) is 0 Å². The molecular weight excluding hydrogens is 291 g/mol. The third kappa shape index (κ3) is 3.93. The lowest BCUT2D eigenvalue weighted by Crippen LogP contribution is -2.48. The highest BCUT2D eigenvalue weighted by Crippen LogP contribution is 2.24. The molecule has 0 radical (unpaired) electrons. The minimum atomic E-state index is -0.0919. The Balaban J connectivity index is 1.52. The van der Waals surface area contributed by atoms with Gasteiger partial charge in [-0.25, -0.2) is 4.39 Å². The molecule has 23 heavy (non-hydrogen) atoms. The molecule has 0 aliphatic carbocycles. The fraction of sp³-hybridized carbons (Fsp3) is 0.684. The maximum Gasteiger partial charge on any atom is 0.129 e. The van der Waals surface area contributed by atoms with E-state index < -0.39 is 0 Å². The summed E-state index contributed by atoms with van der Waals surface area (Å²) in [5, 5.41) is 9.63. The molecule has 0 saturated carbocycles. The van der Waals surface area contributed by atoms with Crippen molar-refractivity contribution in [1.82, 2.24) is 9.80 Å². The molecule has 0 atom stereocenters. The van der Waals surface area contributed by atoms with Gasteiger partial charge in [0, 0.05) is 25.7 Å². The first-order chi connectivity index (χ1) is 11.0. The van der Waals surface area contributed by atoms with Crippen molar-refractivity contribution in [2.45, 2.75) is 58.2 Å². The fourth-order valence-corrected chi connectivity index (χ4v) is 3.97. The zero-order chi connectivity index (χ0) is 16.4. The minimum absolute atomic E-state index is 0.0516. The molecule has 0 unspecified atom stereocenters. The molecule has 1 aromatic rings. The van der Waals surface area contributed by atoms with Gasteiger partial charge in [-0.1, -0.05) is 12.1 Å². The first kappa shape index (κ1) is 16.9. The summed E-state index contributed by atoms with van der Waals surface area (Å²) in [5.74, 6) is -0.0516. The van der Waals surface area contributed by atoms with Crippen LogP contribution in [0.3, 0.4) is 0 Å². The Bertz CT molecular complexity index is 532. The number of benzene rings is 1. The van der Waals surface area contributed by atoms with Crippen molar-refractivity contribution in [2.24, 2.45) is 0 Å². The summed E-state index contributed by atoms with van der Waals surface area (Å²) in [6.07, 6.45) is 4.11. The quantitative estimate of drug-likeness (QED) is 0.928. The Hall–Kier alpha value is -0.970. The molecule has 1 N–H and O–H groups in total. The number of piperidine rings is 2. The van der Waals surface area contributed by atoms with Crippen LogP contribution in [0.5, 0.6) is 0 Å². The van der Waals surface area contributed by atoms with Crippen LogP contribution in [-0.2, 0) is 6.54 Å². The van der Waals surface area contributed by atoms with E-state index in [-0.39, 0.29) is 11.9 Å². The largest absolute Gasteiger partial charge is 0.393 e. The molecule has 2 heterocycles. The van der Waals surface area contributed by atoms with Crippen molar-refractivity contribution in [1.29, 1.82) is 0 Å². The fourth-order valence-electron chi connectivity index (χ4n) is 3.97. The van der Waals surface area contributed by atoms with E-state index in [2.05, 4.69) is 15.9 Å². The number of likely N-dealkylation sites (tertiary alicyclic amines) is 2. The van der Waals surface area contributed by atoms with Gasteiger partial charge in [-0.05, 0) is 69.3 Å². The van der Waals surface area contributed by atoms with Crippen LogP contribution in [0.1, 0.15) is 42.4 Å². The number of nitrogens with zero attached hydrogens (tertiary/aromatic N) is 2. The molecule has 4 heteroatoms. The predicted molar refractivity (Wildman–Crippen MR) is 91.0 cm³/mol. The van der Waals surface area contributed by atoms with Crippen molar-refractivity contribution in [3.8, 4) is 0 Å². The molecule has 2 aliphatic heterocycles. The maximum absolute atomic E-state index is 14.0. The van der Waals surface area contributed by atoms with Gasteiger partial charge >= 0.3 is 0 Å². The summed E-state index contributed by atoms with van der Waals surface area (Å²) in [6.45, 7) is 8.81. The van der Waals surface area contributed by atoms with Crippen LogP contribution in [0, 0.1) is 19.7 Å². The van der Waals surface area contributed by atoms with Crippen LogP contribution in [0.15, 0.2) is 12.1 Å². The average Bonchev–Trinajstić information content (AvgIpc) is 2.57. The number of hydrogen-bond donors (Lipinski definition) is 1. The van der Waals surface area contributed by atoms with Crippen LogP contribution in [-0.4, -0.2) is 53.2 Å². The third-order valence-electron chi connectivity index (χ3n) is 5.66. The summed E-state index contributed by atoms with van der Waals surface area (Å²) >= 11 is 0. The van der Waals surface area contributed by atoms with Crippen molar-refractivity contribution in [2.75, 3.05) is 26.2 Å². The highest BCUT2D eigenvalue weighted by molar-refractivity contribution is 5.32. The highest BCUT2D eigenvalue weighted by atomic mass is 19.1. The van der Waals surface area contributed by atoms with E-state index in [0.29, 0.717) is 6.04 Å². The molecule has 0 spiro atoms. The molecule has 2 aliphatic rings. The zero-order valence-corrected chi connectivity index (χ0v) is 14.4. The van der Waals surface area contributed by atoms with Crippen molar-refractivity contribution >= 4 is 0 Å². The molecule has 0 bridgehead atoms. The number of aryl methyl sites for hydroxylation is 1. The number of rotatable bonds is 3. The number of aliphatic hydroxyl groups excluding tert-OH is 1. The van der Waals surface area contributed by atoms with E-state index in [9.17, 15) is 9.50 Å². The van der Waals surface area contributed by atoms with Gasteiger partial charge in [0.1, 0.15) is 5.82 Å². The summed E-state index contributed by atoms with van der Waals surface area (Å²) in [4.78, 5) is 5.01.